The van der Waals surface area contributed by atoms with Gasteiger partial charge in [-0.2, -0.15) is 5.10 Å². The molecule has 1 N–H and O–H groups in total. The summed E-state index contributed by atoms with van der Waals surface area (Å²) >= 11 is 0. The minimum Gasteiger partial charge on any atom is -0.314 e. The number of nitrogens with zero attached hydrogens (tertiary/aromatic N) is 3. The van der Waals surface area contributed by atoms with Crippen molar-refractivity contribution in [2.75, 3.05) is 6.54 Å². The number of rotatable bonds is 6. The van der Waals surface area contributed by atoms with Gasteiger partial charge in [0.2, 0.25) is 0 Å². The number of hydrogen-bond acceptors (Lipinski definition) is 3. The van der Waals surface area contributed by atoms with Crippen molar-refractivity contribution in [3.63, 3.8) is 0 Å². The summed E-state index contributed by atoms with van der Waals surface area (Å²) in [6, 6.07) is 0.481. The fourth-order valence-corrected chi connectivity index (χ4v) is 2.18. The molecule has 1 aromatic heterocycles. The molecular formula is C13H26N4. The molecule has 1 rings (SSSR count). The van der Waals surface area contributed by atoms with Crippen molar-refractivity contribution in [3.8, 4) is 0 Å². The average Bonchev–Trinajstić information content (AvgIpc) is 2.63. The van der Waals surface area contributed by atoms with Gasteiger partial charge in [-0.3, -0.25) is 4.68 Å². The Morgan fingerprint density at radius 3 is 2.59 bits per heavy atom. The fraction of sp³-hybridized carbons (Fsp3) is 0.846. The summed E-state index contributed by atoms with van der Waals surface area (Å²) < 4.78 is 1.98. The summed E-state index contributed by atoms with van der Waals surface area (Å²) in [5.41, 5.74) is 0.337. The normalized spacial score (nSPS) is 13.9. The quantitative estimate of drug-likeness (QED) is 0.826. The fourth-order valence-electron chi connectivity index (χ4n) is 2.18. The summed E-state index contributed by atoms with van der Waals surface area (Å²) in [5.74, 6) is 1.09. The van der Waals surface area contributed by atoms with Gasteiger partial charge in [-0.05, 0) is 25.3 Å². The number of nitrogens with one attached hydrogen (secondary N) is 1. The van der Waals surface area contributed by atoms with Crippen LogP contribution in [0.15, 0.2) is 6.33 Å². The van der Waals surface area contributed by atoms with Gasteiger partial charge in [-0.15, -0.1) is 0 Å². The van der Waals surface area contributed by atoms with E-state index in [1.807, 2.05) is 4.68 Å². The van der Waals surface area contributed by atoms with Crippen molar-refractivity contribution in [1.82, 2.24) is 20.1 Å². The molecule has 0 aromatic carbocycles. The maximum Gasteiger partial charge on any atom is 0.138 e. The predicted molar refractivity (Wildman–Crippen MR) is 70.9 cm³/mol. The standard InChI is InChI=1S/C13H26N4/c1-6-14-11(9-13(3,4)5)8-12-15-10-16-17(12)7-2/h10-11,14H,6-9H2,1-5H3. The van der Waals surface area contributed by atoms with Crippen LogP contribution in [0.25, 0.3) is 0 Å². The minimum absolute atomic E-state index is 0.337. The molecule has 0 amide bonds. The molecule has 4 heteroatoms. The Labute approximate surface area is 105 Å². The van der Waals surface area contributed by atoms with E-state index in [4.69, 9.17) is 0 Å². The summed E-state index contributed by atoms with van der Waals surface area (Å²) in [7, 11) is 0. The van der Waals surface area contributed by atoms with Gasteiger partial charge in [-0.1, -0.05) is 27.7 Å². The first-order valence-corrected chi connectivity index (χ1v) is 6.56. The zero-order valence-corrected chi connectivity index (χ0v) is 11.8. The molecule has 0 saturated carbocycles. The van der Waals surface area contributed by atoms with Crippen LogP contribution >= 0.6 is 0 Å². The Kier molecular flexibility index (Phi) is 5.12. The highest BCUT2D eigenvalue weighted by Crippen LogP contribution is 2.22. The third kappa shape index (κ3) is 4.86. The smallest absolute Gasteiger partial charge is 0.138 e. The predicted octanol–water partition coefficient (Wildman–Crippen LogP) is 2.25. The highest BCUT2D eigenvalue weighted by Gasteiger charge is 2.20. The van der Waals surface area contributed by atoms with Gasteiger partial charge in [0.15, 0.2) is 0 Å². The molecule has 1 unspecified atom stereocenters. The van der Waals surface area contributed by atoms with Gasteiger partial charge < -0.3 is 5.32 Å². The lowest BCUT2D eigenvalue weighted by molar-refractivity contribution is 0.305. The molecule has 0 bridgehead atoms. The van der Waals surface area contributed by atoms with Crippen LogP contribution in [0, 0.1) is 5.41 Å². The van der Waals surface area contributed by atoms with Crippen LogP contribution in [-0.2, 0) is 13.0 Å². The molecule has 0 fully saturated rings. The first-order valence-electron chi connectivity index (χ1n) is 6.56. The number of hydrogen-bond donors (Lipinski definition) is 1. The molecule has 0 aliphatic heterocycles. The number of aromatic nitrogens is 3. The van der Waals surface area contributed by atoms with Crippen molar-refractivity contribution in [1.29, 1.82) is 0 Å². The molecule has 0 aliphatic carbocycles. The van der Waals surface area contributed by atoms with E-state index in [-0.39, 0.29) is 0 Å². The van der Waals surface area contributed by atoms with Gasteiger partial charge in [0.05, 0.1) is 0 Å². The number of likely N-dealkylation sites (N-methyl/N-ethyl adjacent to an activating group) is 1. The van der Waals surface area contributed by atoms with Crippen LogP contribution in [0.2, 0.25) is 0 Å². The Hall–Kier alpha value is -0.900. The monoisotopic (exact) mass is 238 g/mol. The van der Waals surface area contributed by atoms with E-state index >= 15 is 0 Å². The van der Waals surface area contributed by atoms with Crippen molar-refractivity contribution >= 4 is 0 Å². The summed E-state index contributed by atoms with van der Waals surface area (Å²) in [4.78, 5) is 4.35. The van der Waals surface area contributed by atoms with Crippen molar-refractivity contribution in [2.45, 2.75) is 60.0 Å². The van der Waals surface area contributed by atoms with Gasteiger partial charge in [-0.25, -0.2) is 4.98 Å². The van der Waals surface area contributed by atoms with Crippen LogP contribution in [0.1, 0.15) is 46.9 Å². The molecule has 4 nitrogen and oxygen atoms in total. The van der Waals surface area contributed by atoms with Crippen LogP contribution in [0.5, 0.6) is 0 Å². The molecule has 98 valence electrons. The molecule has 1 aromatic rings. The number of aryl methyl sites for hydroxylation is 1. The highest BCUT2D eigenvalue weighted by molar-refractivity contribution is 4.91. The molecular weight excluding hydrogens is 212 g/mol. The van der Waals surface area contributed by atoms with E-state index in [1.54, 1.807) is 6.33 Å². The lowest BCUT2D eigenvalue weighted by atomic mass is 9.87. The van der Waals surface area contributed by atoms with E-state index in [0.29, 0.717) is 11.5 Å². The second kappa shape index (κ2) is 6.15. The average molecular weight is 238 g/mol. The maximum atomic E-state index is 4.35. The van der Waals surface area contributed by atoms with Crippen molar-refractivity contribution < 1.29 is 0 Å². The Morgan fingerprint density at radius 1 is 1.35 bits per heavy atom. The topological polar surface area (TPSA) is 42.7 Å². The minimum atomic E-state index is 0.337. The third-order valence-corrected chi connectivity index (χ3v) is 2.78. The second-order valence-electron chi connectivity index (χ2n) is 5.72. The highest BCUT2D eigenvalue weighted by atomic mass is 15.3. The Balaban J connectivity index is 2.66. The molecule has 17 heavy (non-hydrogen) atoms. The molecule has 1 heterocycles. The maximum absolute atomic E-state index is 4.35. The first-order chi connectivity index (χ1) is 7.96. The second-order valence-corrected chi connectivity index (χ2v) is 5.72. The van der Waals surface area contributed by atoms with Crippen molar-refractivity contribution in [3.05, 3.63) is 12.2 Å². The lowest BCUT2D eigenvalue weighted by Gasteiger charge is -2.26. The molecule has 0 saturated heterocycles. The zero-order chi connectivity index (χ0) is 12.9. The lowest BCUT2D eigenvalue weighted by Crippen LogP contribution is -2.35. The van der Waals surface area contributed by atoms with Crippen LogP contribution in [0.4, 0.5) is 0 Å². The summed E-state index contributed by atoms with van der Waals surface area (Å²) in [5, 5.41) is 7.77. The molecule has 0 spiro atoms. The SMILES string of the molecule is CCNC(Cc1ncnn1CC)CC(C)(C)C. The van der Waals surface area contributed by atoms with Gasteiger partial charge in [0, 0.05) is 19.0 Å². The largest absolute Gasteiger partial charge is 0.314 e. The molecule has 0 radical (unpaired) electrons. The molecule has 0 aliphatic rings. The van der Waals surface area contributed by atoms with E-state index in [2.05, 4.69) is 50.0 Å². The van der Waals surface area contributed by atoms with Crippen LogP contribution in [0.3, 0.4) is 0 Å². The van der Waals surface area contributed by atoms with Gasteiger partial charge in [0.1, 0.15) is 12.2 Å². The summed E-state index contributed by atoms with van der Waals surface area (Å²) in [6.07, 6.45) is 3.76. The van der Waals surface area contributed by atoms with E-state index in [0.717, 1.165) is 31.8 Å². The van der Waals surface area contributed by atoms with Crippen LogP contribution < -0.4 is 5.32 Å². The van der Waals surface area contributed by atoms with E-state index < -0.39 is 0 Å². The van der Waals surface area contributed by atoms with E-state index in [9.17, 15) is 0 Å². The molecule has 1 atom stereocenters. The Morgan fingerprint density at radius 2 is 2.06 bits per heavy atom. The zero-order valence-electron chi connectivity index (χ0n) is 11.8. The van der Waals surface area contributed by atoms with Gasteiger partial charge >= 0.3 is 0 Å². The first kappa shape index (κ1) is 14.2. The summed E-state index contributed by atoms with van der Waals surface area (Å²) in [6.45, 7) is 13.0. The van der Waals surface area contributed by atoms with E-state index in [1.165, 1.54) is 0 Å². The van der Waals surface area contributed by atoms with Gasteiger partial charge in [0.25, 0.3) is 0 Å². The van der Waals surface area contributed by atoms with Crippen molar-refractivity contribution in [2.24, 2.45) is 5.41 Å². The third-order valence-electron chi connectivity index (χ3n) is 2.78. The van der Waals surface area contributed by atoms with Crippen LogP contribution in [-0.4, -0.2) is 27.4 Å². The Bertz CT molecular complexity index is 324.